The Morgan fingerprint density at radius 2 is 2.23 bits per heavy atom. The van der Waals surface area contributed by atoms with Crippen LogP contribution in [0, 0.1) is 11.3 Å². The van der Waals surface area contributed by atoms with Gasteiger partial charge in [-0.2, -0.15) is 5.26 Å². The largest absolute Gasteiger partial charge is 0.330 e. The van der Waals surface area contributed by atoms with Crippen molar-refractivity contribution in [3.05, 3.63) is 0 Å². The van der Waals surface area contributed by atoms with Gasteiger partial charge in [-0.3, -0.25) is 4.57 Å². The van der Waals surface area contributed by atoms with Crippen molar-refractivity contribution in [2.45, 2.75) is 19.8 Å². The van der Waals surface area contributed by atoms with Crippen molar-refractivity contribution in [3.63, 3.8) is 0 Å². The second kappa shape index (κ2) is 7.08. The van der Waals surface area contributed by atoms with E-state index < -0.39 is 7.37 Å². The summed E-state index contributed by atoms with van der Waals surface area (Å²) in [7, 11) is -2.55. The fraction of sp³-hybridized carbons (Fsp3) is 0.875. The van der Waals surface area contributed by atoms with Gasteiger partial charge in [0.1, 0.15) is 0 Å². The van der Waals surface area contributed by atoms with E-state index in [9.17, 15) is 4.57 Å². The fourth-order valence-corrected chi connectivity index (χ4v) is 3.09. The molecule has 2 N–H and O–H groups in total. The maximum atomic E-state index is 11.9. The summed E-state index contributed by atoms with van der Waals surface area (Å²) in [5.74, 6) is 0. The Labute approximate surface area is 79.5 Å². The highest BCUT2D eigenvalue weighted by Gasteiger charge is 2.20. The quantitative estimate of drug-likeness (QED) is 0.638. The molecule has 5 heteroatoms. The zero-order chi connectivity index (χ0) is 10.2. The molecule has 0 aromatic carbocycles. The lowest BCUT2D eigenvalue weighted by molar-refractivity contribution is 0.332. The molecule has 0 spiro atoms. The van der Waals surface area contributed by atoms with Gasteiger partial charge in [-0.15, -0.1) is 0 Å². The smallest absolute Gasteiger partial charge is 0.204 e. The summed E-state index contributed by atoms with van der Waals surface area (Å²) in [5.41, 5.74) is 5.32. The Hall–Kier alpha value is -0.360. The summed E-state index contributed by atoms with van der Waals surface area (Å²) in [6, 6.07) is 1.97. The summed E-state index contributed by atoms with van der Waals surface area (Å²) in [6.07, 6.45) is 1.85. The van der Waals surface area contributed by atoms with E-state index in [0.717, 1.165) is 0 Å². The van der Waals surface area contributed by atoms with Crippen molar-refractivity contribution in [1.29, 1.82) is 5.26 Å². The third-order valence-electron chi connectivity index (χ3n) is 1.63. The van der Waals surface area contributed by atoms with Crippen molar-refractivity contribution in [2.75, 3.05) is 25.5 Å². The molecule has 0 bridgehead atoms. The minimum atomic E-state index is -2.55. The van der Waals surface area contributed by atoms with E-state index in [-0.39, 0.29) is 0 Å². The zero-order valence-electron chi connectivity index (χ0n) is 8.03. The van der Waals surface area contributed by atoms with Gasteiger partial charge in [0.15, 0.2) is 0 Å². The number of nitriles is 1. The molecule has 0 heterocycles. The van der Waals surface area contributed by atoms with Crippen LogP contribution in [0.25, 0.3) is 0 Å². The van der Waals surface area contributed by atoms with Gasteiger partial charge < -0.3 is 10.3 Å². The minimum absolute atomic E-state index is 0.294. The van der Waals surface area contributed by atoms with Crippen molar-refractivity contribution < 1.29 is 9.09 Å². The van der Waals surface area contributed by atoms with Gasteiger partial charge in [-0.05, 0) is 19.9 Å². The number of hydrogen-bond acceptors (Lipinski definition) is 4. The number of rotatable bonds is 7. The highest BCUT2D eigenvalue weighted by molar-refractivity contribution is 7.58. The number of hydrogen-bond donors (Lipinski definition) is 1. The van der Waals surface area contributed by atoms with Crippen LogP contribution in [0.1, 0.15) is 19.8 Å². The Bertz CT molecular complexity index is 213. The molecule has 0 aromatic rings. The van der Waals surface area contributed by atoms with Gasteiger partial charge in [-0.1, -0.05) is 0 Å². The SMILES string of the molecule is CCOP(=O)(CCC#N)CCCN. The first-order chi connectivity index (χ1) is 6.18. The predicted molar refractivity (Wildman–Crippen MR) is 52.9 cm³/mol. The number of nitrogens with two attached hydrogens (primary N) is 1. The lowest BCUT2D eigenvalue weighted by Crippen LogP contribution is -2.06. The van der Waals surface area contributed by atoms with E-state index in [4.69, 9.17) is 15.5 Å². The average Bonchev–Trinajstić information content (AvgIpc) is 2.12. The molecule has 0 saturated carbocycles. The van der Waals surface area contributed by atoms with Crippen LogP contribution in [-0.2, 0) is 9.09 Å². The molecule has 0 aliphatic carbocycles. The van der Waals surface area contributed by atoms with Crippen LogP contribution in [-0.4, -0.2) is 25.5 Å². The fourth-order valence-electron chi connectivity index (χ4n) is 1.03. The summed E-state index contributed by atoms with van der Waals surface area (Å²) in [5, 5.41) is 8.37. The first-order valence-corrected chi connectivity index (χ1v) is 6.47. The van der Waals surface area contributed by atoms with Crippen molar-refractivity contribution in [2.24, 2.45) is 5.73 Å². The Kier molecular flexibility index (Phi) is 6.89. The van der Waals surface area contributed by atoms with E-state index in [0.29, 0.717) is 38.3 Å². The molecular formula is C8H17N2O2P. The van der Waals surface area contributed by atoms with Gasteiger partial charge in [0, 0.05) is 18.7 Å². The topological polar surface area (TPSA) is 76.1 Å². The Morgan fingerprint density at radius 1 is 1.54 bits per heavy atom. The second-order valence-electron chi connectivity index (χ2n) is 2.73. The molecule has 0 aliphatic heterocycles. The van der Waals surface area contributed by atoms with E-state index >= 15 is 0 Å². The molecule has 76 valence electrons. The first kappa shape index (κ1) is 12.6. The molecule has 0 radical (unpaired) electrons. The van der Waals surface area contributed by atoms with Crippen LogP contribution in [0.4, 0.5) is 0 Å². The molecule has 0 aromatic heterocycles. The highest BCUT2D eigenvalue weighted by atomic mass is 31.2. The molecule has 13 heavy (non-hydrogen) atoms. The van der Waals surface area contributed by atoms with Crippen LogP contribution in [0.5, 0.6) is 0 Å². The average molecular weight is 204 g/mol. The van der Waals surface area contributed by atoms with E-state index in [1.807, 2.05) is 13.0 Å². The standard InChI is InChI=1S/C8H17N2O2P/c1-2-12-13(11,7-3-5-9)8-4-6-10/h2-5,7-9H2,1H3. The monoisotopic (exact) mass is 204 g/mol. The second-order valence-corrected chi connectivity index (χ2v) is 5.51. The van der Waals surface area contributed by atoms with E-state index in [1.54, 1.807) is 0 Å². The molecule has 0 fully saturated rings. The van der Waals surface area contributed by atoms with Gasteiger partial charge >= 0.3 is 0 Å². The number of nitrogens with zero attached hydrogens (tertiary/aromatic N) is 1. The van der Waals surface area contributed by atoms with Crippen LogP contribution in [0.15, 0.2) is 0 Å². The molecule has 0 rings (SSSR count). The zero-order valence-corrected chi connectivity index (χ0v) is 8.93. The lowest BCUT2D eigenvalue weighted by Gasteiger charge is -2.15. The Balaban J connectivity index is 4.01. The molecule has 0 aliphatic rings. The summed E-state index contributed by atoms with van der Waals surface area (Å²) < 4.78 is 17.1. The van der Waals surface area contributed by atoms with Crippen LogP contribution in [0.3, 0.4) is 0 Å². The highest BCUT2D eigenvalue weighted by Crippen LogP contribution is 2.47. The predicted octanol–water partition coefficient (Wildman–Crippen LogP) is 1.56. The third kappa shape index (κ3) is 5.81. The van der Waals surface area contributed by atoms with Gasteiger partial charge in [0.2, 0.25) is 7.37 Å². The molecule has 0 saturated heterocycles. The summed E-state index contributed by atoms with van der Waals surface area (Å²) >= 11 is 0. The van der Waals surface area contributed by atoms with Gasteiger partial charge in [0.05, 0.1) is 12.7 Å². The maximum Gasteiger partial charge on any atom is 0.204 e. The lowest BCUT2D eigenvalue weighted by atomic mass is 10.5. The normalized spacial score (nSPS) is 14.8. The maximum absolute atomic E-state index is 11.9. The third-order valence-corrected chi connectivity index (χ3v) is 4.26. The summed E-state index contributed by atoms with van der Waals surface area (Å²) in [6.45, 7) is 2.76. The van der Waals surface area contributed by atoms with Crippen molar-refractivity contribution in [3.8, 4) is 6.07 Å². The molecule has 0 amide bonds. The Morgan fingerprint density at radius 3 is 2.69 bits per heavy atom. The summed E-state index contributed by atoms with van der Waals surface area (Å²) in [4.78, 5) is 0. The molecule has 1 atom stereocenters. The molecule has 1 unspecified atom stereocenters. The first-order valence-electron chi connectivity index (χ1n) is 4.48. The van der Waals surface area contributed by atoms with E-state index in [1.165, 1.54) is 0 Å². The van der Waals surface area contributed by atoms with Gasteiger partial charge in [0.25, 0.3) is 0 Å². The van der Waals surface area contributed by atoms with Gasteiger partial charge in [-0.25, -0.2) is 0 Å². The molecular weight excluding hydrogens is 187 g/mol. The van der Waals surface area contributed by atoms with Crippen molar-refractivity contribution >= 4 is 7.37 Å². The van der Waals surface area contributed by atoms with Crippen molar-refractivity contribution in [1.82, 2.24) is 0 Å². The van der Waals surface area contributed by atoms with Crippen LogP contribution >= 0.6 is 7.37 Å². The molecule has 4 nitrogen and oxygen atoms in total. The van der Waals surface area contributed by atoms with Crippen LogP contribution < -0.4 is 5.73 Å². The van der Waals surface area contributed by atoms with E-state index in [2.05, 4.69) is 0 Å². The van der Waals surface area contributed by atoms with Crippen LogP contribution in [0.2, 0.25) is 0 Å². The minimum Gasteiger partial charge on any atom is -0.330 e.